The fourth-order valence-corrected chi connectivity index (χ4v) is 6.21. The smallest absolute Gasteiger partial charge is 0.306 e. The van der Waals surface area contributed by atoms with Gasteiger partial charge < -0.3 is 14.2 Å². The topological polar surface area (TPSA) is 61.8 Å². The second-order valence-corrected chi connectivity index (χ2v) is 15.9. The van der Waals surface area contributed by atoms with E-state index in [-0.39, 0.29) is 31.6 Å². The third-order valence-corrected chi connectivity index (χ3v) is 9.86. The van der Waals surface area contributed by atoms with Crippen LogP contribution in [0.3, 0.4) is 0 Å². The summed E-state index contributed by atoms with van der Waals surface area (Å²) < 4.78 is 17.3. The van der Waals surface area contributed by atoms with Crippen molar-refractivity contribution >= 4 is 11.9 Å². The van der Waals surface area contributed by atoms with Crippen molar-refractivity contribution in [3.8, 4) is 0 Å². The molecule has 0 saturated carbocycles. The molecule has 0 aliphatic rings. The van der Waals surface area contributed by atoms with Crippen molar-refractivity contribution in [1.82, 2.24) is 0 Å². The Balaban J connectivity index is 4.49. The summed E-state index contributed by atoms with van der Waals surface area (Å²) >= 11 is 0. The number of hydrogen-bond donors (Lipinski definition) is 0. The van der Waals surface area contributed by atoms with Crippen LogP contribution in [0.2, 0.25) is 0 Å². The lowest BCUT2D eigenvalue weighted by Crippen LogP contribution is -2.30. The highest BCUT2D eigenvalue weighted by Gasteiger charge is 2.17. The number of ether oxygens (including phenoxy) is 3. The number of carbonyl (C=O) groups excluding carboxylic acids is 2. The van der Waals surface area contributed by atoms with Gasteiger partial charge in [-0.05, 0) is 122 Å². The molecule has 0 heterocycles. The highest BCUT2D eigenvalue weighted by atomic mass is 16.6. The molecule has 1 atom stereocenters. The number of rotatable bonds is 44. The van der Waals surface area contributed by atoms with E-state index in [0.29, 0.717) is 19.4 Å². The van der Waals surface area contributed by atoms with E-state index in [4.69, 9.17) is 14.2 Å². The average molecular weight is 881 g/mol. The van der Waals surface area contributed by atoms with E-state index in [1.54, 1.807) is 0 Å². The van der Waals surface area contributed by atoms with E-state index in [0.717, 1.165) is 135 Å². The molecule has 5 heteroatoms. The van der Waals surface area contributed by atoms with Gasteiger partial charge in [-0.3, -0.25) is 9.59 Å². The Morgan fingerprint density at radius 1 is 0.344 bits per heavy atom. The fraction of sp³-hybridized carbons (Fsp3) is 0.559. The zero-order valence-electron chi connectivity index (χ0n) is 41.0. The van der Waals surface area contributed by atoms with E-state index < -0.39 is 6.10 Å². The monoisotopic (exact) mass is 881 g/mol. The molecule has 0 spiro atoms. The molecule has 0 bridgehead atoms. The van der Waals surface area contributed by atoms with Crippen molar-refractivity contribution in [2.45, 2.75) is 194 Å². The number of carbonyl (C=O) groups is 2. The van der Waals surface area contributed by atoms with Crippen LogP contribution in [0.4, 0.5) is 0 Å². The quantitative estimate of drug-likeness (QED) is 0.0347. The van der Waals surface area contributed by atoms with E-state index in [2.05, 4.69) is 161 Å². The van der Waals surface area contributed by atoms with Gasteiger partial charge in [0, 0.05) is 19.4 Å². The largest absolute Gasteiger partial charge is 0.462 e. The lowest BCUT2D eigenvalue weighted by atomic mass is 10.1. The van der Waals surface area contributed by atoms with Gasteiger partial charge in [-0.15, -0.1) is 0 Å². The van der Waals surface area contributed by atoms with Crippen molar-refractivity contribution < 1.29 is 23.8 Å². The van der Waals surface area contributed by atoms with E-state index in [9.17, 15) is 9.59 Å². The maximum Gasteiger partial charge on any atom is 0.306 e. The van der Waals surface area contributed by atoms with Crippen LogP contribution in [-0.2, 0) is 23.8 Å². The second-order valence-electron chi connectivity index (χ2n) is 15.9. The SMILES string of the molecule is CC/C=C\C/C=C\C/C=C\C/C=C\C/C=C\C/C=C\CCC(=O)OCC(COCCCCCC/C=C\C/C=C\C/C=C\CC)OC(=O)CCCCCCC/C=C\C/C=C\C/C=C\CC. The van der Waals surface area contributed by atoms with E-state index in [1.165, 1.54) is 12.8 Å². The minimum atomic E-state index is -0.599. The molecule has 1 unspecified atom stereocenters. The van der Waals surface area contributed by atoms with E-state index in [1.807, 2.05) is 6.08 Å². The molecular weight excluding hydrogens is 789 g/mol. The van der Waals surface area contributed by atoms with Gasteiger partial charge in [0.15, 0.2) is 6.10 Å². The fourth-order valence-electron chi connectivity index (χ4n) is 6.21. The third-order valence-electron chi connectivity index (χ3n) is 9.86. The van der Waals surface area contributed by atoms with Crippen LogP contribution in [0.25, 0.3) is 0 Å². The van der Waals surface area contributed by atoms with Gasteiger partial charge in [-0.1, -0.05) is 199 Å². The molecule has 0 aromatic heterocycles. The zero-order valence-corrected chi connectivity index (χ0v) is 41.0. The van der Waals surface area contributed by atoms with Gasteiger partial charge in [0.2, 0.25) is 0 Å². The van der Waals surface area contributed by atoms with Gasteiger partial charge in [-0.25, -0.2) is 0 Å². The van der Waals surface area contributed by atoms with Crippen molar-refractivity contribution in [3.63, 3.8) is 0 Å². The van der Waals surface area contributed by atoms with Gasteiger partial charge in [0.05, 0.1) is 6.61 Å². The predicted molar refractivity (Wildman–Crippen MR) is 278 cm³/mol. The van der Waals surface area contributed by atoms with Crippen LogP contribution in [-0.4, -0.2) is 37.9 Å². The molecule has 0 aliphatic heterocycles. The molecule has 64 heavy (non-hydrogen) atoms. The molecule has 0 aliphatic carbocycles. The molecule has 0 N–H and O–H groups in total. The maximum atomic E-state index is 12.8. The highest BCUT2D eigenvalue weighted by Crippen LogP contribution is 2.11. The summed E-state index contributed by atoms with van der Waals surface area (Å²) in [6.45, 7) is 7.31. The predicted octanol–water partition coefficient (Wildman–Crippen LogP) is 17.3. The number of unbranched alkanes of at least 4 members (excludes halogenated alkanes) is 9. The molecule has 0 aromatic carbocycles. The lowest BCUT2D eigenvalue weighted by molar-refractivity contribution is -0.162. The first-order valence-corrected chi connectivity index (χ1v) is 25.4. The molecular formula is C59H92O5. The first-order valence-electron chi connectivity index (χ1n) is 25.4. The molecule has 5 nitrogen and oxygen atoms in total. The minimum absolute atomic E-state index is 0.0184. The van der Waals surface area contributed by atoms with Gasteiger partial charge >= 0.3 is 11.9 Å². The normalized spacial score (nSPS) is 13.5. The molecule has 0 amide bonds. The average Bonchev–Trinajstić information content (AvgIpc) is 3.30. The first-order chi connectivity index (χ1) is 31.6. The number of hydrogen-bond acceptors (Lipinski definition) is 5. The Bertz CT molecular complexity index is 1410. The van der Waals surface area contributed by atoms with Crippen LogP contribution >= 0.6 is 0 Å². The summed E-state index contributed by atoms with van der Waals surface area (Å²) in [5.41, 5.74) is 0. The molecule has 0 rings (SSSR count). The number of allylic oxidation sites excluding steroid dienone is 24. The lowest BCUT2D eigenvalue weighted by Gasteiger charge is -2.18. The van der Waals surface area contributed by atoms with Crippen molar-refractivity contribution in [2.24, 2.45) is 0 Å². The van der Waals surface area contributed by atoms with Crippen molar-refractivity contribution in [3.05, 3.63) is 146 Å². The Hall–Kier alpha value is -4.22. The number of esters is 2. The van der Waals surface area contributed by atoms with Crippen LogP contribution in [0.5, 0.6) is 0 Å². The second kappa shape index (κ2) is 53.1. The van der Waals surface area contributed by atoms with Crippen LogP contribution < -0.4 is 0 Å². The van der Waals surface area contributed by atoms with Crippen LogP contribution in [0.15, 0.2) is 146 Å². The molecule has 0 fully saturated rings. The Morgan fingerprint density at radius 2 is 0.688 bits per heavy atom. The summed E-state index contributed by atoms with van der Waals surface area (Å²) in [7, 11) is 0. The summed E-state index contributed by atoms with van der Waals surface area (Å²) in [6, 6.07) is 0. The van der Waals surface area contributed by atoms with Gasteiger partial charge in [0.1, 0.15) is 6.61 Å². The maximum absolute atomic E-state index is 12.8. The van der Waals surface area contributed by atoms with Crippen LogP contribution in [0.1, 0.15) is 188 Å². The van der Waals surface area contributed by atoms with Crippen molar-refractivity contribution in [2.75, 3.05) is 19.8 Å². The molecule has 0 saturated heterocycles. The van der Waals surface area contributed by atoms with Gasteiger partial charge in [0.25, 0.3) is 0 Å². The summed E-state index contributed by atoms with van der Waals surface area (Å²) in [6.07, 6.45) is 77.2. The summed E-state index contributed by atoms with van der Waals surface area (Å²) in [5.74, 6) is -0.540. The Labute approximate surface area is 393 Å². The Kier molecular flexibility index (Phi) is 49.6. The Morgan fingerprint density at radius 3 is 1.11 bits per heavy atom. The zero-order chi connectivity index (χ0) is 46.3. The minimum Gasteiger partial charge on any atom is -0.462 e. The highest BCUT2D eigenvalue weighted by molar-refractivity contribution is 5.70. The summed E-state index contributed by atoms with van der Waals surface area (Å²) in [4.78, 5) is 25.4. The van der Waals surface area contributed by atoms with Crippen LogP contribution in [0, 0.1) is 0 Å². The third kappa shape index (κ3) is 50.4. The van der Waals surface area contributed by atoms with E-state index >= 15 is 0 Å². The van der Waals surface area contributed by atoms with Gasteiger partial charge in [-0.2, -0.15) is 0 Å². The molecule has 0 aromatic rings. The first kappa shape index (κ1) is 59.8. The van der Waals surface area contributed by atoms with Crippen molar-refractivity contribution in [1.29, 1.82) is 0 Å². The molecule has 358 valence electrons. The standard InChI is InChI=1S/C59H92O5/c1-4-7-10-13-16-19-22-25-28-29-30-31-33-34-37-40-43-46-49-52-58(60)63-56-57(55-62-54-51-48-45-42-39-36-27-24-21-18-15-12-9-6-3)64-59(61)53-50-47-44-41-38-35-32-26-23-20-17-14-11-8-5-2/h7-12,16-21,25-28,30-32,34,36-37,43,46,57H,4-6,13-15,22-24,29,33,35,38-42,44-45,47-56H2,1-3H3/b10-7-,11-8-,12-9-,19-16-,20-17-,21-18-,28-25-,31-30-,32-26-,36-27-,37-34-,46-43-. The molecule has 0 radical (unpaired) electrons. The summed E-state index contributed by atoms with van der Waals surface area (Å²) in [5, 5.41) is 0.